The fourth-order valence-corrected chi connectivity index (χ4v) is 3.02. The minimum absolute atomic E-state index is 0.0815. The molecule has 1 aromatic rings. The van der Waals surface area contributed by atoms with Crippen LogP contribution >= 0.6 is 24.2 Å². The van der Waals surface area contributed by atoms with E-state index in [1.807, 2.05) is 30.9 Å². The van der Waals surface area contributed by atoms with Crippen molar-refractivity contribution in [2.75, 3.05) is 19.0 Å². The summed E-state index contributed by atoms with van der Waals surface area (Å²) in [7, 11) is 0. The van der Waals surface area contributed by atoms with Crippen LogP contribution < -0.4 is 5.32 Å². The molecule has 1 aliphatic heterocycles. The van der Waals surface area contributed by atoms with Crippen molar-refractivity contribution in [3.05, 3.63) is 29.8 Å². The van der Waals surface area contributed by atoms with Gasteiger partial charge in [-0.25, -0.2) is 0 Å². The fourth-order valence-electron chi connectivity index (χ4n) is 2.64. The van der Waals surface area contributed by atoms with Crippen molar-refractivity contribution < 1.29 is 9.59 Å². The van der Waals surface area contributed by atoms with Crippen LogP contribution in [-0.2, 0) is 4.79 Å². The highest BCUT2D eigenvalue weighted by Gasteiger charge is 2.33. The van der Waals surface area contributed by atoms with Gasteiger partial charge in [-0.2, -0.15) is 0 Å². The second-order valence-electron chi connectivity index (χ2n) is 6.57. The van der Waals surface area contributed by atoms with Crippen molar-refractivity contribution in [3.8, 4) is 0 Å². The molecule has 0 aliphatic carbocycles. The maximum absolute atomic E-state index is 12.4. The number of carbonyl (C=O) groups excluding carboxylic acids is 2. The molecule has 0 saturated carbocycles. The average molecular weight is 355 g/mol. The van der Waals surface area contributed by atoms with Gasteiger partial charge in [0.05, 0.1) is 11.0 Å². The third kappa shape index (κ3) is 4.42. The Balaban J connectivity index is 1.89. The van der Waals surface area contributed by atoms with Gasteiger partial charge in [-0.05, 0) is 38.8 Å². The summed E-state index contributed by atoms with van der Waals surface area (Å²) in [6.45, 7) is 5.01. The van der Waals surface area contributed by atoms with E-state index < -0.39 is 5.41 Å². The molecule has 1 N–H and O–H groups in total. The Labute approximate surface area is 148 Å². The van der Waals surface area contributed by atoms with E-state index in [1.165, 1.54) is 0 Å². The summed E-state index contributed by atoms with van der Waals surface area (Å²) in [5.41, 5.74) is 0.0420. The molecule has 2 amide bonds. The van der Waals surface area contributed by atoms with Crippen molar-refractivity contribution >= 4 is 36.0 Å². The van der Waals surface area contributed by atoms with Crippen LogP contribution in [0.1, 0.15) is 37.0 Å². The third-order valence-corrected chi connectivity index (χ3v) is 5.24. The zero-order valence-corrected chi connectivity index (χ0v) is 15.2. The molecule has 2 rings (SSSR count). The molecule has 1 aromatic carbocycles. The van der Waals surface area contributed by atoms with E-state index in [0.29, 0.717) is 29.4 Å². The quantitative estimate of drug-likeness (QED) is 0.645. The third-order valence-electron chi connectivity index (χ3n) is 4.18. The zero-order valence-electron chi connectivity index (χ0n) is 13.5. The number of alkyl halides is 1. The Kier molecular flexibility index (Phi) is 5.98. The van der Waals surface area contributed by atoms with E-state index in [-0.39, 0.29) is 17.9 Å². The molecule has 1 saturated heterocycles. The predicted molar refractivity (Wildman–Crippen MR) is 95.3 cm³/mol. The largest absolute Gasteiger partial charge is 0.349 e. The molecule has 1 fully saturated rings. The van der Waals surface area contributed by atoms with Crippen LogP contribution in [0.25, 0.3) is 0 Å². The minimum atomic E-state index is -0.539. The van der Waals surface area contributed by atoms with Crippen LogP contribution in [0.3, 0.4) is 0 Å². The number of hydrogen-bond acceptors (Lipinski definition) is 3. The van der Waals surface area contributed by atoms with Crippen molar-refractivity contribution in [1.82, 2.24) is 10.2 Å². The lowest BCUT2D eigenvalue weighted by atomic mass is 9.92. The van der Waals surface area contributed by atoms with Crippen molar-refractivity contribution in [1.29, 1.82) is 0 Å². The Hall–Kier alpha value is -1.20. The van der Waals surface area contributed by atoms with Gasteiger partial charge in [0.1, 0.15) is 0 Å². The number of nitrogens with zero attached hydrogens (tertiary/aromatic N) is 1. The number of likely N-dealkylation sites (tertiary alicyclic amines) is 1. The highest BCUT2D eigenvalue weighted by atomic mass is 35.5. The fraction of sp³-hybridized carbons (Fsp3) is 0.529. The number of carbonyl (C=O) groups is 2. The molecule has 0 bridgehead atoms. The van der Waals surface area contributed by atoms with E-state index in [4.69, 9.17) is 11.6 Å². The van der Waals surface area contributed by atoms with Crippen LogP contribution in [0.2, 0.25) is 0 Å². The van der Waals surface area contributed by atoms with Crippen LogP contribution in [0.4, 0.5) is 0 Å². The zero-order chi connectivity index (χ0) is 17.0. The maximum Gasteiger partial charge on any atom is 0.252 e. The van der Waals surface area contributed by atoms with E-state index in [0.717, 1.165) is 12.8 Å². The molecular formula is C17H23ClN2O2S. The number of piperidine rings is 1. The first kappa shape index (κ1) is 18.1. The molecule has 0 atom stereocenters. The Morgan fingerprint density at radius 3 is 2.48 bits per heavy atom. The molecule has 1 aliphatic rings. The van der Waals surface area contributed by atoms with Crippen molar-refractivity contribution in [3.63, 3.8) is 0 Å². The molecule has 23 heavy (non-hydrogen) atoms. The maximum atomic E-state index is 12.4. The van der Waals surface area contributed by atoms with Gasteiger partial charge in [0.15, 0.2) is 0 Å². The van der Waals surface area contributed by atoms with Crippen LogP contribution in [0, 0.1) is 5.41 Å². The molecule has 126 valence electrons. The summed E-state index contributed by atoms with van der Waals surface area (Å²) in [4.78, 5) is 27.2. The van der Waals surface area contributed by atoms with E-state index in [9.17, 15) is 9.59 Å². The number of nitrogens with one attached hydrogen (secondary N) is 1. The van der Waals surface area contributed by atoms with Crippen LogP contribution in [0.15, 0.2) is 29.2 Å². The molecule has 4 nitrogen and oxygen atoms in total. The monoisotopic (exact) mass is 354 g/mol. The van der Waals surface area contributed by atoms with Crippen molar-refractivity contribution in [2.24, 2.45) is 5.41 Å². The Morgan fingerprint density at radius 1 is 1.30 bits per heavy atom. The minimum Gasteiger partial charge on any atom is -0.349 e. The SMILES string of the molecule is CC(C)(CCl)C(=O)N1CCC(NC(=O)c2ccccc2S)CC1. The molecule has 0 unspecified atom stereocenters. The number of thiol groups is 1. The summed E-state index contributed by atoms with van der Waals surface area (Å²) in [5, 5.41) is 3.04. The van der Waals surface area contributed by atoms with Crippen molar-refractivity contribution in [2.45, 2.75) is 37.6 Å². The molecule has 0 spiro atoms. The first-order chi connectivity index (χ1) is 10.8. The molecule has 0 radical (unpaired) electrons. The summed E-state index contributed by atoms with van der Waals surface area (Å²) in [6, 6.07) is 7.32. The van der Waals surface area contributed by atoms with Crippen LogP contribution in [0.5, 0.6) is 0 Å². The second kappa shape index (κ2) is 7.58. The molecule has 1 heterocycles. The second-order valence-corrected chi connectivity index (χ2v) is 7.32. The van der Waals surface area contributed by atoms with Gasteiger partial charge in [0.2, 0.25) is 5.91 Å². The highest BCUT2D eigenvalue weighted by molar-refractivity contribution is 7.80. The van der Waals surface area contributed by atoms with Gasteiger partial charge in [-0.15, -0.1) is 24.2 Å². The van der Waals surface area contributed by atoms with Gasteiger partial charge in [-0.1, -0.05) is 12.1 Å². The highest BCUT2D eigenvalue weighted by Crippen LogP contribution is 2.23. The van der Waals surface area contributed by atoms with E-state index >= 15 is 0 Å². The predicted octanol–water partition coefficient (Wildman–Crippen LogP) is 2.96. The van der Waals surface area contributed by atoms with Gasteiger partial charge in [0.25, 0.3) is 5.91 Å². The average Bonchev–Trinajstić information content (AvgIpc) is 2.55. The first-order valence-electron chi connectivity index (χ1n) is 7.79. The smallest absolute Gasteiger partial charge is 0.252 e. The lowest BCUT2D eigenvalue weighted by Gasteiger charge is -2.36. The summed E-state index contributed by atoms with van der Waals surface area (Å²) in [6.07, 6.45) is 1.51. The molecule has 6 heteroatoms. The Morgan fingerprint density at radius 2 is 1.91 bits per heavy atom. The molecule has 0 aromatic heterocycles. The normalized spacial score (nSPS) is 16.3. The number of benzene rings is 1. The van der Waals surface area contributed by atoms with E-state index in [2.05, 4.69) is 17.9 Å². The number of halogens is 1. The summed E-state index contributed by atoms with van der Waals surface area (Å²) in [5.74, 6) is 0.278. The van der Waals surface area contributed by atoms with Gasteiger partial charge < -0.3 is 10.2 Å². The number of rotatable bonds is 4. The van der Waals surface area contributed by atoms with Crippen LogP contribution in [-0.4, -0.2) is 41.7 Å². The van der Waals surface area contributed by atoms with Gasteiger partial charge in [0, 0.05) is 29.9 Å². The number of amides is 2. The van der Waals surface area contributed by atoms with Gasteiger partial charge in [-0.3, -0.25) is 9.59 Å². The number of hydrogen-bond donors (Lipinski definition) is 2. The topological polar surface area (TPSA) is 49.4 Å². The van der Waals surface area contributed by atoms with Gasteiger partial charge >= 0.3 is 0 Å². The standard InChI is InChI=1S/C17H23ClN2O2S/c1-17(2,11-18)16(22)20-9-7-12(8-10-20)19-15(21)13-5-3-4-6-14(13)23/h3-6,12,23H,7-11H2,1-2H3,(H,19,21). The first-order valence-corrected chi connectivity index (χ1v) is 8.77. The summed E-state index contributed by atoms with van der Waals surface area (Å²) < 4.78 is 0. The lowest BCUT2D eigenvalue weighted by molar-refractivity contribution is -0.140. The Bertz CT molecular complexity index is 584. The van der Waals surface area contributed by atoms with E-state index in [1.54, 1.807) is 12.1 Å². The molecular weight excluding hydrogens is 332 g/mol. The lowest BCUT2D eigenvalue weighted by Crippen LogP contribution is -2.50. The summed E-state index contributed by atoms with van der Waals surface area (Å²) >= 11 is 10.2.